The number of piperidine rings is 1. The van der Waals surface area contributed by atoms with E-state index in [0.717, 1.165) is 19.4 Å². The molecule has 122 valence electrons. The van der Waals surface area contributed by atoms with Crippen LogP contribution in [0.4, 0.5) is 4.39 Å². The van der Waals surface area contributed by atoms with Crippen molar-refractivity contribution in [3.8, 4) is 0 Å². The largest absolute Gasteiger partial charge is 0.451 e. The molecule has 0 bridgehead atoms. The molecular formula is C17H18FNO3S. The van der Waals surface area contributed by atoms with E-state index < -0.39 is 5.97 Å². The number of hydrogen-bond donors (Lipinski definition) is 0. The Hall–Kier alpha value is -1.95. The standard InChI is InChI=1S/C17H18FNO3S/c1-11-4-3-7-19(9-11)16(20)10-22-17(21)15-8-12-13(18)5-2-6-14(12)23-15/h2,5-6,8,11H,3-4,7,9-10H2,1H3/t11-/m1/s1. The monoisotopic (exact) mass is 335 g/mol. The van der Waals surface area contributed by atoms with Crippen molar-refractivity contribution in [1.82, 2.24) is 4.90 Å². The first-order valence-corrected chi connectivity index (χ1v) is 8.49. The lowest BCUT2D eigenvalue weighted by atomic mass is 10.0. The number of ether oxygens (including phenoxy) is 1. The summed E-state index contributed by atoms with van der Waals surface area (Å²) >= 11 is 1.17. The molecule has 1 amide bonds. The second kappa shape index (κ2) is 6.66. The molecule has 3 rings (SSSR count). The maximum absolute atomic E-state index is 13.7. The highest BCUT2D eigenvalue weighted by atomic mass is 32.1. The predicted octanol–water partition coefficient (Wildman–Crippen LogP) is 3.46. The number of nitrogens with zero attached hydrogens (tertiary/aromatic N) is 1. The molecule has 0 N–H and O–H groups in total. The fraction of sp³-hybridized carbons (Fsp3) is 0.412. The number of hydrogen-bond acceptors (Lipinski definition) is 4. The summed E-state index contributed by atoms with van der Waals surface area (Å²) in [5.74, 6) is -0.633. The SMILES string of the molecule is C[C@@H]1CCCN(C(=O)COC(=O)c2cc3c(F)cccc3s2)C1. The van der Waals surface area contributed by atoms with Gasteiger partial charge in [-0.3, -0.25) is 4.79 Å². The summed E-state index contributed by atoms with van der Waals surface area (Å²) in [5.41, 5.74) is 0. The highest BCUT2D eigenvalue weighted by Crippen LogP contribution is 2.28. The third kappa shape index (κ3) is 3.52. The van der Waals surface area contributed by atoms with Crippen molar-refractivity contribution in [3.63, 3.8) is 0 Å². The Morgan fingerprint density at radius 2 is 2.26 bits per heavy atom. The minimum absolute atomic E-state index is 0.169. The quantitative estimate of drug-likeness (QED) is 0.807. The Kier molecular flexibility index (Phi) is 4.61. The van der Waals surface area contributed by atoms with E-state index in [0.29, 0.717) is 27.4 Å². The number of amides is 1. The van der Waals surface area contributed by atoms with Crippen LogP contribution in [0.3, 0.4) is 0 Å². The summed E-state index contributed by atoms with van der Waals surface area (Å²) in [4.78, 5) is 26.2. The van der Waals surface area contributed by atoms with Gasteiger partial charge in [0.15, 0.2) is 6.61 Å². The number of likely N-dealkylation sites (tertiary alicyclic amines) is 1. The second-order valence-electron chi connectivity index (χ2n) is 5.93. The van der Waals surface area contributed by atoms with Gasteiger partial charge in [-0.1, -0.05) is 13.0 Å². The molecule has 23 heavy (non-hydrogen) atoms. The third-order valence-corrected chi connectivity index (χ3v) is 5.13. The van der Waals surface area contributed by atoms with Gasteiger partial charge in [-0.15, -0.1) is 11.3 Å². The summed E-state index contributed by atoms with van der Waals surface area (Å²) in [6, 6.07) is 6.18. The van der Waals surface area contributed by atoms with E-state index in [1.165, 1.54) is 23.5 Å². The van der Waals surface area contributed by atoms with E-state index in [4.69, 9.17) is 4.74 Å². The fourth-order valence-electron chi connectivity index (χ4n) is 2.83. The second-order valence-corrected chi connectivity index (χ2v) is 7.01. The number of carbonyl (C=O) groups excluding carboxylic acids is 2. The number of benzene rings is 1. The number of halogens is 1. The smallest absolute Gasteiger partial charge is 0.348 e. The molecule has 0 radical (unpaired) electrons. The van der Waals surface area contributed by atoms with Crippen molar-refractivity contribution >= 4 is 33.3 Å². The average molecular weight is 335 g/mol. The normalized spacial score (nSPS) is 18.2. The number of thiophene rings is 1. The maximum Gasteiger partial charge on any atom is 0.348 e. The molecule has 1 fully saturated rings. The molecule has 1 atom stereocenters. The molecular weight excluding hydrogens is 317 g/mol. The van der Waals surface area contributed by atoms with Gasteiger partial charge in [-0.05, 0) is 37.0 Å². The van der Waals surface area contributed by atoms with Gasteiger partial charge in [-0.2, -0.15) is 0 Å². The van der Waals surface area contributed by atoms with Crippen LogP contribution < -0.4 is 0 Å². The van der Waals surface area contributed by atoms with Crippen LogP contribution in [0.25, 0.3) is 10.1 Å². The lowest BCUT2D eigenvalue weighted by Gasteiger charge is -2.30. The molecule has 1 aliphatic rings. The van der Waals surface area contributed by atoms with E-state index >= 15 is 0 Å². The van der Waals surface area contributed by atoms with Crippen LogP contribution in [0, 0.1) is 11.7 Å². The molecule has 2 aromatic rings. The van der Waals surface area contributed by atoms with E-state index in [2.05, 4.69) is 6.92 Å². The van der Waals surface area contributed by atoms with Crippen molar-refractivity contribution in [2.24, 2.45) is 5.92 Å². The maximum atomic E-state index is 13.7. The number of esters is 1. The highest BCUT2D eigenvalue weighted by molar-refractivity contribution is 7.20. The Bertz CT molecular complexity index is 743. The summed E-state index contributed by atoms with van der Waals surface area (Å²) in [5, 5.41) is 0.403. The Balaban J connectivity index is 1.62. The molecule has 0 saturated carbocycles. The first-order valence-electron chi connectivity index (χ1n) is 7.67. The molecule has 1 aromatic carbocycles. The van der Waals surface area contributed by atoms with Crippen molar-refractivity contribution < 1.29 is 18.7 Å². The Labute approximate surface area is 137 Å². The van der Waals surface area contributed by atoms with Crippen molar-refractivity contribution in [1.29, 1.82) is 0 Å². The fourth-order valence-corrected chi connectivity index (χ4v) is 3.80. The lowest BCUT2D eigenvalue weighted by Crippen LogP contribution is -2.41. The van der Waals surface area contributed by atoms with Gasteiger partial charge in [0.1, 0.15) is 10.7 Å². The van der Waals surface area contributed by atoms with Gasteiger partial charge in [0, 0.05) is 23.2 Å². The predicted molar refractivity (Wildman–Crippen MR) is 87.0 cm³/mol. The molecule has 4 nitrogen and oxygen atoms in total. The van der Waals surface area contributed by atoms with Crippen molar-refractivity contribution in [3.05, 3.63) is 35.0 Å². The third-order valence-electron chi connectivity index (χ3n) is 4.05. The molecule has 0 aliphatic carbocycles. The van der Waals surface area contributed by atoms with Gasteiger partial charge in [0.25, 0.3) is 5.91 Å². The number of fused-ring (bicyclic) bond motifs is 1. The van der Waals surface area contributed by atoms with Gasteiger partial charge in [-0.25, -0.2) is 9.18 Å². The van der Waals surface area contributed by atoms with Crippen LogP contribution in [0.15, 0.2) is 24.3 Å². The first kappa shape index (κ1) is 15.9. The molecule has 1 aromatic heterocycles. The van der Waals surface area contributed by atoms with Crippen molar-refractivity contribution in [2.45, 2.75) is 19.8 Å². The van der Waals surface area contributed by atoms with Gasteiger partial charge in [0.2, 0.25) is 0 Å². The lowest BCUT2D eigenvalue weighted by molar-refractivity contribution is -0.136. The highest BCUT2D eigenvalue weighted by Gasteiger charge is 2.22. The first-order chi connectivity index (χ1) is 11.0. The minimum Gasteiger partial charge on any atom is -0.451 e. The van der Waals surface area contributed by atoms with E-state index in [1.807, 2.05) is 0 Å². The Morgan fingerprint density at radius 1 is 1.43 bits per heavy atom. The van der Waals surface area contributed by atoms with Gasteiger partial charge in [0.05, 0.1) is 0 Å². The van der Waals surface area contributed by atoms with E-state index in [9.17, 15) is 14.0 Å². The van der Waals surface area contributed by atoms with Gasteiger partial charge < -0.3 is 9.64 Å². The minimum atomic E-state index is -0.580. The van der Waals surface area contributed by atoms with E-state index in [1.54, 1.807) is 17.0 Å². The van der Waals surface area contributed by atoms with Crippen LogP contribution in [-0.4, -0.2) is 36.5 Å². The topological polar surface area (TPSA) is 46.6 Å². The molecule has 0 spiro atoms. The van der Waals surface area contributed by atoms with Gasteiger partial charge >= 0.3 is 5.97 Å². The summed E-state index contributed by atoms with van der Waals surface area (Å²) in [6.45, 7) is 3.28. The zero-order valence-corrected chi connectivity index (χ0v) is 13.7. The number of rotatable bonds is 3. The van der Waals surface area contributed by atoms with Crippen LogP contribution in [0.1, 0.15) is 29.4 Å². The van der Waals surface area contributed by atoms with Crippen LogP contribution >= 0.6 is 11.3 Å². The van der Waals surface area contributed by atoms with Crippen LogP contribution in [0.5, 0.6) is 0 Å². The molecule has 1 aliphatic heterocycles. The Morgan fingerprint density at radius 3 is 3.00 bits per heavy atom. The average Bonchev–Trinajstić information content (AvgIpc) is 2.98. The molecule has 0 unspecified atom stereocenters. The summed E-state index contributed by atoms with van der Waals surface area (Å²) in [7, 11) is 0. The van der Waals surface area contributed by atoms with Crippen LogP contribution in [-0.2, 0) is 9.53 Å². The zero-order valence-electron chi connectivity index (χ0n) is 12.9. The molecule has 2 heterocycles. The van der Waals surface area contributed by atoms with Crippen LogP contribution in [0.2, 0.25) is 0 Å². The molecule has 1 saturated heterocycles. The summed E-state index contributed by atoms with van der Waals surface area (Å²) < 4.78 is 19.4. The number of carbonyl (C=O) groups is 2. The molecule has 6 heteroatoms. The summed E-state index contributed by atoms with van der Waals surface area (Å²) in [6.07, 6.45) is 2.10. The van der Waals surface area contributed by atoms with Crippen molar-refractivity contribution in [2.75, 3.05) is 19.7 Å². The van der Waals surface area contributed by atoms with E-state index in [-0.39, 0.29) is 18.3 Å². The zero-order chi connectivity index (χ0) is 16.4.